The highest BCUT2D eigenvalue weighted by atomic mass is 32.2. The highest BCUT2D eigenvalue weighted by Gasteiger charge is 2.28. The van der Waals surface area contributed by atoms with Crippen molar-refractivity contribution in [1.29, 1.82) is 0 Å². The van der Waals surface area contributed by atoms with Gasteiger partial charge in [-0.3, -0.25) is 9.00 Å². The van der Waals surface area contributed by atoms with Gasteiger partial charge in [-0.05, 0) is 43.8 Å². The van der Waals surface area contributed by atoms with Gasteiger partial charge in [0.15, 0.2) is 11.5 Å². The summed E-state index contributed by atoms with van der Waals surface area (Å²) in [5.41, 5.74) is 0.0403. The molecule has 0 radical (unpaired) electrons. The smallest absolute Gasteiger partial charge is 0.240 e. The maximum atomic E-state index is 12.2. The Morgan fingerprint density at radius 2 is 2.04 bits per heavy atom. The topological polar surface area (TPSA) is 76.7 Å². The Labute approximate surface area is 150 Å². The lowest BCUT2D eigenvalue weighted by Gasteiger charge is -2.25. The minimum atomic E-state index is -2.47. The molecule has 7 heteroatoms. The highest BCUT2D eigenvalue weighted by molar-refractivity contribution is 7.97. The Balaban J connectivity index is 2.63. The van der Waals surface area contributed by atoms with Crippen LogP contribution in [0.15, 0.2) is 30.9 Å². The summed E-state index contributed by atoms with van der Waals surface area (Å²) in [5.74, 6) is 4.57. The van der Waals surface area contributed by atoms with E-state index in [2.05, 4.69) is 22.5 Å². The Morgan fingerprint density at radius 3 is 2.60 bits per heavy atom. The minimum Gasteiger partial charge on any atom is -0.493 e. The predicted molar refractivity (Wildman–Crippen MR) is 104 cm³/mol. The van der Waals surface area contributed by atoms with E-state index in [1.807, 2.05) is 18.2 Å². The van der Waals surface area contributed by atoms with E-state index in [9.17, 15) is 9.00 Å². The van der Waals surface area contributed by atoms with Gasteiger partial charge >= 0.3 is 0 Å². The number of nitrogens with one attached hydrogen (secondary N) is 2. The zero-order chi connectivity index (χ0) is 19.1. The van der Waals surface area contributed by atoms with Crippen LogP contribution in [0.25, 0.3) is 0 Å². The molecule has 0 spiro atoms. The number of amides is 1. The van der Waals surface area contributed by atoms with Gasteiger partial charge in [-0.15, -0.1) is 0 Å². The van der Waals surface area contributed by atoms with Crippen molar-refractivity contribution in [3.8, 4) is 11.5 Å². The van der Waals surface area contributed by atoms with Crippen molar-refractivity contribution in [1.82, 2.24) is 10.0 Å². The van der Waals surface area contributed by atoms with Crippen LogP contribution in [0.5, 0.6) is 11.5 Å². The third-order valence-corrected chi connectivity index (χ3v) is 4.26. The first-order chi connectivity index (χ1) is 11.6. The molecule has 1 aromatic carbocycles. The van der Waals surface area contributed by atoms with Crippen LogP contribution in [0.3, 0.4) is 0 Å². The molecule has 1 rings (SSSR count). The molecule has 1 atom stereocenters. The first-order valence-corrected chi connectivity index (χ1v) is 10.0. The number of carbonyl (C=O) groups is 1. The fourth-order valence-corrected chi connectivity index (χ4v) is 3.44. The molecule has 0 saturated heterocycles. The van der Waals surface area contributed by atoms with Gasteiger partial charge in [-0.1, -0.05) is 18.7 Å². The van der Waals surface area contributed by atoms with Crippen LogP contribution in [0.2, 0.25) is 0 Å². The number of ether oxygens (including phenoxy) is 2. The van der Waals surface area contributed by atoms with E-state index in [1.54, 1.807) is 27.0 Å². The molecule has 140 valence electrons. The Morgan fingerprint density at radius 1 is 1.36 bits per heavy atom. The van der Waals surface area contributed by atoms with Crippen molar-refractivity contribution in [3.05, 3.63) is 36.4 Å². The number of hydrogen-bond acceptors (Lipinski definition) is 4. The first-order valence-electron chi connectivity index (χ1n) is 7.89. The average Bonchev–Trinajstić information content (AvgIpc) is 2.51. The molecule has 0 bridgehead atoms. The molecule has 6 nitrogen and oxygen atoms in total. The largest absolute Gasteiger partial charge is 0.493 e. The van der Waals surface area contributed by atoms with Crippen LogP contribution < -0.4 is 19.5 Å². The number of benzene rings is 1. The Kier molecular flexibility index (Phi) is 7.51. The Hall–Kier alpha value is -1.99. The second-order valence-corrected chi connectivity index (χ2v) is 8.54. The van der Waals surface area contributed by atoms with Crippen molar-refractivity contribution in [2.75, 3.05) is 26.5 Å². The quantitative estimate of drug-likeness (QED) is 0.485. The molecule has 0 heterocycles. The monoisotopic (exact) mass is 368 g/mol. The van der Waals surface area contributed by atoms with Crippen molar-refractivity contribution in [3.63, 3.8) is 0 Å². The SMILES string of the molecule is C=CCOc1ccc(CCNC(=O)C(C)(C)NS(=C)(C)=O)cc1OC. The van der Waals surface area contributed by atoms with Gasteiger partial charge in [-0.25, -0.2) is 4.72 Å². The van der Waals surface area contributed by atoms with Crippen LogP contribution in [0.4, 0.5) is 0 Å². The van der Waals surface area contributed by atoms with Crippen molar-refractivity contribution < 1.29 is 18.5 Å². The van der Waals surface area contributed by atoms with E-state index in [0.29, 0.717) is 31.1 Å². The number of hydrogen-bond donors (Lipinski definition) is 2. The summed E-state index contributed by atoms with van der Waals surface area (Å²) in [6.45, 7) is 7.81. The molecular formula is C18H28N2O4S. The van der Waals surface area contributed by atoms with Gasteiger partial charge in [0.25, 0.3) is 0 Å². The van der Waals surface area contributed by atoms with Crippen molar-refractivity contribution in [2.45, 2.75) is 25.8 Å². The summed E-state index contributed by atoms with van der Waals surface area (Å²) < 4.78 is 25.3. The van der Waals surface area contributed by atoms with Crippen LogP contribution in [0.1, 0.15) is 19.4 Å². The van der Waals surface area contributed by atoms with Crippen molar-refractivity contribution in [2.24, 2.45) is 0 Å². The first kappa shape index (κ1) is 21.1. The van der Waals surface area contributed by atoms with Crippen LogP contribution in [-0.2, 0) is 20.9 Å². The van der Waals surface area contributed by atoms with Gasteiger partial charge in [-0.2, -0.15) is 0 Å². The van der Waals surface area contributed by atoms with Crippen LogP contribution in [-0.4, -0.2) is 48.0 Å². The molecule has 2 N–H and O–H groups in total. The molecule has 1 aromatic rings. The summed E-state index contributed by atoms with van der Waals surface area (Å²) in [6.07, 6.45) is 3.76. The van der Waals surface area contributed by atoms with E-state index in [1.165, 1.54) is 6.26 Å². The molecule has 25 heavy (non-hydrogen) atoms. The zero-order valence-corrected chi connectivity index (χ0v) is 16.2. The van der Waals surface area contributed by atoms with E-state index < -0.39 is 15.2 Å². The highest BCUT2D eigenvalue weighted by Crippen LogP contribution is 2.28. The lowest BCUT2D eigenvalue weighted by molar-refractivity contribution is -0.125. The van der Waals surface area contributed by atoms with Gasteiger partial charge in [0, 0.05) is 22.5 Å². The maximum Gasteiger partial charge on any atom is 0.240 e. The second kappa shape index (κ2) is 8.92. The normalized spacial score (nSPS) is 13.6. The lowest BCUT2D eigenvalue weighted by Crippen LogP contribution is -2.54. The van der Waals surface area contributed by atoms with E-state index in [0.717, 1.165) is 5.56 Å². The molecule has 0 aliphatic carbocycles. The predicted octanol–water partition coefficient (Wildman–Crippen LogP) is 1.55. The summed E-state index contributed by atoms with van der Waals surface area (Å²) in [7, 11) is -0.894. The number of rotatable bonds is 10. The number of methoxy groups -OCH3 is 1. The number of carbonyl (C=O) groups excluding carboxylic acids is 1. The fourth-order valence-electron chi connectivity index (χ4n) is 2.26. The second-order valence-electron chi connectivity index (χ2n) is 6.32. The maximum absolute atomic E-state index is 12.2. The minimum absolute atomic E-state index is 0.233. The molecule has 1 unspecified atom stereocenters. The van der Waals surface area contributed by atoms with Crippen molar-refractivity contribution >= 4 is 21.5 Å². The van der Waals surface area contributed by atoms with E-state index in [4.69, 9.17) is 9.47 Å². The molecule has 1 amide bonds. The summed E-state index contributed by atoms with van der Waals surface area (Å²) in [5, 5.41) is 2.84. The lowest BCUT2D eigenvalue weighted by atomic mass is 10.1. The summed E-state index contributed by atoms with van der Waals surface area (Å²) in [4.78, 5) is 12.2. The standard InChI is InChI=1S/C18H28N2O4S/c1-7-12-24-15-9-8-14(13-16(15)23-4)10-11-19-17(21)18(2,3)20-25(5,6)22/h7-9,13H,1,5,10-12H2,2-4,6H3,(H,19,21)(H,20,22). The summed E-state index contributed by atoms with van der Waals surface area (Å²) >= 11 is 0. The van der Waals surface area contributed by atoms with E-state index in [-0.39, 0.29) is 5.91 Å². The molecule has 0 fully saturated rings. The molecule has 0 aliphatic heterocycles. The average molecular weight is 368 g/mol. The van der Waals surface area contributed by atoms with Gasteiger partial charge in [0.1, 0.15) is 12.1 Å². The third kappa shape index (κ3) is 7.19. The molecule has 0 aromatic heterocycles. The Bertz CT molecular complexity index is 712. The van der Waals surface area contributed by atoms with Crippen LogP contribution in [0, 0.1) is 0 Å². The molecule has 0 saturated carbocycles. The molecule has 0 aliphatic rings. The van der Waals surface area contributed by atoms with Gasteiger partial charge in [0.2, 0.25) is 5.91 Å². The van der Waals surface area contributed by atoms with Crippen LogP contribution >= 0.6 is 0 Å². The zero-order valence-electron chi connectivity index (χ0n) is 15.4. The van der Waals surface area contributed by atoms with E-state index >= 15 is 0 Å². The summed E-state index contributed by atoms with van der Waals surface area (Å²) in [6, 6.07) is 5.63. The third-order valence-electron chi connectivity index (χ3n) is 3.32. The van der Waals surface area contributed by atoms with Gasteiger partial charge in [0.05, 0.1) is 7.11 Å². The fraction of sp³-hybridized carbons (Fsp3) is 0.444. The van der Waals surface area contributed by atoms with Gasteiger partial charge < -0.3 is 14.8 Å². The molecular weight excluding hydrogens is 340 g/mol.